The van der Waals surface area contributed by atoms with Gasteiger partial charge in [-0.2, -0.15) is 9.47 Å². The van der Waals surface area contributed by atoms with Crippen LogP contribution in [0.2, 0.25) is 0 Å². The first-order valence-corrected chi connectivity index (χ1v) is 9.16. The SMILES string of the molecule is Cc1nscc1C(=O)N(C)C[C@@H]1CCCN(C)[C@H]1c1cnn(C)c1. The number of piperidine rings is 1. The summed E-state index contributed by atoms with van der Waals surface area (Å²) in [6.45, 7) is 3.73. The third-order valence-corrected chi connectivity index (χ3v) is 5.63. The van der Waals surface area contributed by atoms with E-state index in [4.69, 9.17) is 0 Å². The van der Waals surface area contributed by atoms with Crippen molar-refractivity contribution in [3.05, 3.63) is 34.6 Å². The van der Waals surface area contributed by atoms with Crippen molar-refractivity contribution in [3.63, 3.8) is 0 Å². The summed E-state index contributed by atoms with van der Waals surface area (Å²) in [7, 11) is 6.01. The molecular formula is C17H25N5OS. The van der Waals surface area contributed by atoms with E-state index >= 15 is 0 Å². The van der Waals surface area contributed by atoms with Gasteiger partial charge in [-0.3, -0.25) is 14.4 Å². The van der Waals surface area contributed by atoms with Crippen LogP contribution in [0.25, 0.3) is 0 Å². The molecule has 1 amide bonds. The van der Waals surface area contributed by atoms with Crippen molar-refractivity contribution in [2.24, 2.45) is 13.0 Å². The molecule has 1 fully saturated rings. The zero-order chi connectivity index (χ0) is 17.3. The van der Waals surface area contributed by atoms with E-state index in [1.807, 2.05) is 42.2 Å². The van der Waals surface area contributed by atoms with Crippen molar-refractivity contribution in [2.45, 2.75) is 25.8 Å². The molecule has 0 saturated carbocycles. The van der Waals surface area contributed by atoms with Gasteiger partial charge >= 0.3 is 0 Å². The maximum absolute atomic E-state index is 12.7. The molecule has 1 aliphatic heterocycles. The normalized spacial score (nSPS) is 21.8. The van der Waals surface area contributed by atoms with E-state index in [1.165, 1.54) is 23.5 Å². The van der Waals surface area contributed by atoms with E-state index in [9.17, 15) is 4.79 Å². The first-order chi connectivity index (χ1) is 11.5. The fraction of sp³-hybridized carbons (Fsp3) is 0.588. The molecule has 2 atom stereocenters. The van der Waals surface area contributed by atoms with Gasteiger partial charge in [0, 0.05) is 43.8 Å². The van der Waals surface area contributed by atoms with Crippen molar-refractivity contribution in [3.8, 4) is 0 Å². The molecule has 0 unspecified atom stereocenters. The number of carbonyl (C=O) groups is 1. The summed E-state index contributed by atoms with van der Waals surface area (Å²) in [5.41, 5.74) is 2.78. The average Bonchev–Trinajstić information content (AvgIpc) is 3.15. The Balaban J connectivity index is 1.76. The number of hydrogen-bond donors (Lipinski definition) is 0. The van der Waals surface area contributed by atoms with E-state index in [2.05, 4.69) is 27.6 Å². The van der Waals surface area contributed by atoms with E-state index in [1.54, 1.807) is 0 Å². The fourth-order valence-corrected chi connectivity index (χ4v) is 4.39. The molecule has 24 heavy (non-hydrogen) atoms. The first-order valence-electron chi connectivity index (χ1n) is 8.32. The van der Waals surface area contributed by atoms with Crippen LogP contribution in [-0.2, 0) is 7.05 Å². The lowest BCUT2D eigenvalue weighted by Gasteiger charge is -2.40. The lowest BCUT2D eigenvalue weighted by Crippen LogP contribution is -2.42. The topological polar surface area (TPSA) is 54.3 Å². The van der Waals surface area contributed by atoms with Gasteiger partial charge in [-0.15, -0.1) is 0 Å². The van der Waals surface area contributed by atoms with E-state index in [0.29, 0.717) is 12.0 Å². The summed E-state index contributed by atoms with van der Waals surface area (Å²) in [5.74, 6) is 0.480. The summed E-state index contributed by atoms with van der Waals surface area (Å²) >= 11 is 1.34. The van der Waals surface area contributed by atoms with Gasteiger partial charge in [-0.25, -0.2) is 0 Å². The molecule has 0 aromatic carbocycles. The van der Waals surface area contributed by atoms with Gasteiger partial charge in [0.15, 0.2) is 0 Å². The second kappa shape index (κ2) is 7.03. The number of likely N-dealkylation sites (tertiary alicyclic amines) is 1. The highest BCUT2D eigenvalue weighted by Gasteiger charge is 2.33. The lowest BCUT2D eigenvalue weighted by molar-refractivity contribution is 0.0645. The highest BCUT2D eigenvalue weighted by molar-refractivity contribution is 7.03. The average molecular weight is 347 g/mol. The Kier molecular flexibility index (Phi) is 5.01. The number of hydrogen-bond acceptors (Lipinski definition) is 5. The molecule has 2 aromatic rings. The molecule has 3 heterocycles. The third kappa shape index (κ3) is 3.37. The maximum atomic E-state index is 12.7. The van der Waals surface area contributed by atoms with Crippen molar-refractivity contribution in [1.82, 2.24) is 24.0 Å². The van der Waals surface area contributed by atoms with Crippen LogP contribution in [0, 0.1) is 12.8 Å². The van der Waals surface area contributed by atoms with Gasteiger partial charge in [-0.1, -0.05) is 0 Å². The van der Waals surface area contributed by atoms with E-state index < -0.39 is 0 Å². The molecule has 0 bridgehead atoms. The second-order valence-corrected chi connectivity index (χ2v) is 7.40. The van der Waals surface area contributed by atoms with Crippen molar-refractivity contribution >= 4 is 17.4 Å². The Morgan fingerprint density at radius 3 is 2.88 bits per heavy atom. The van der Waals surface area contributed by atoms with Crippen molar-refractivity contribution in [2.75, 3.05) is 27.2 Å². The molecule has 2 aromatic heterocycles. The molecule has 6 nitrogen and oxygen atoms in total. The number of aromatic nitrogens is 3. The zero-order valence-corrected chi connectivity index (χ0v) is 15.6. The van der Waals surface area contributed by atoms with Crippen LogP contribution in [0.15, 0.2) is 17.8 Å². The lowest BCUT2D eigenvalue weighted by atomic mass is 9.85. The maximum Gasteiger partial charge on any atom is 0.256 e. The predicted molar refractivity (Wildman–Crippen MR) is 95.1 cm³/mol. The molecular weight excluding hydrogens is 322 g/mol. The van der Waals surface area contributed by atoms with Gasteiger partial charge in [-0.05, 0) is 50.8 Å². The fourth-order valence-electron chi connectivity index (χ4n) is 3.71. The van der Waals surface area contributed by atoms with Crippen LogP contribution in [0.4, 0.5) is 0 Å². The molecule has 3 rings (SSSR count). The van der Waals surface area contributed by atoms with Gasteiger partial charge in [0.1, 0.15) is 0 Å². The Morgan fingerprint density at radius 2 is 2.25 bits per heavy atom. The number of nitrogens with zero attached hydrogens (tertiary/aromatic N) is 5. The Morgan fingerprint density at radius 1 is 1.46 bits per heavy atom. The summed E-state index contributed by atoms with van der Waals surface area (Å²) < 4.78 is 6.07. The predicted octanol–water partition coefficient (Wildman–Crippen LogP) is 2.34. The first kappa shape index (κ1) is 17.1. The second-order valence-electron chi connectivity index (χ2n) is 6.77. The van der Waals surface area contributed by atoms with Crippen LogP contribution >= 0.6 is 11.5 Å². The third-order valence-electron chi connectivity index (χ3n) is 4.91. The smallest absolute Gasteiger partial charge is 0.256 e. The highest BCUT2D eigenvalue weighted by atomic mass is 32.1. The van der Waals surface area contributed by atoms with Crippen LogP contribution in [-0.4, -0.2) is 57.0 Å². The highest BCUT2D eigenvalue weighted by Crippen LogP contribution is 2.35. The van der Waals surface area contributed by atoms with Crippen LogP contribution < -0.4 is 0 Å². The van der Waals surface area contributed by atoms with Crippen LogP contribution in [0.3, 0.4) is 0 Å². The van der Waals surface area contributed by atoms with Gasteiger partial charge in [0.05, 0.1) is 17.5 Å². The number of rotatable bonds is 4. The van der Waals surface area contributed by atoms with Crippen LogP contribution in [0.1, 0.15) is 40.5 Å². The minimum atomic E-state index is 0.0689. The Bertz CT molecular complexity index is 709. The van der Waals surface area contributed by atoms with Crippen molar-refractivity contribution in [1.29, 1.82) is 0 Å². The molecule has 0 aliphatic carbocycles. The summed E-state index contributed by atoms with van der Waals surface area (Å²) in [5, 5.41) is 6.18. The Labute approximate surface area is 147 Å². The standard InChI is InChI=1S/C17H25N5OS/c1-12-15(11-24-19-12)17(23)21(3)9-13-6-5-7-20(2)16(13)14-8-18-22(4)10-14/h8,10-11,13,16H,5-7,9H2,1-4H3/t13-,16+/m0/s1. The number of aryl methyl sites for hydroxylation is 2. The van der Waals surface area contributed by atoms with E-state index in [0.717, 1.165) is 30.8 Å². The number of amides is 1. The largest absolute Gasteiger partial charge is 0.341 e. The molecule has 7 heteroatoms. The van der Waals surface area contributed by atoms with Crippen LogP contribution in [0.5, 0.6) is 0 Å². The van der Waals surface area contributed by atoms with E-state index in [-0.39, 0.29) is 5.91 Å². The minimum Gasteiger partial charge on any atom is -0.341 e. The zero-order valence-electron chi connectivity index (χ0n) is 14.8. The molecule has 0 N–H and O–H groups in total. The molecule has 0 radical (unpaired) electrons. The van der Waals surface area contributed by atoms with Gasteiger partial charge < -0.3 is 4.90 Å². The molecule has 0 spiro atoms. The van der Waals surface area contributed by atoms with Crippen molar-refractivity contribution < 1.29 is 4.79 Å². The van der Waals surface area contributed by atoms with Gasteiger partial charge in [0.25, 0.3) is 5.91 Å². The molecule has 130 valence electrons. The van der Waals surface area contributed by atoms with Gasteiger partial charge in [0.2, 0.25) is 0 Å². The quantitative estimate of drug-likeness (QED) is 0.852. The molecule has 1 saturated heterocycles. The summed E-state index contributed by atoms with van der Waals surface area (Å²) in [4.78, 5) is 16.9. The summed E-state index contributed by atoms with van der Waals surface area (Å²) in [6, 6.07) is 0.310. The number of carbonyl (C=O) groups excluding carboxylic acids is 1. The Hall–Kier alpha value is -1.73. The summed E-state index contributed by atoms with van der Waals surface area (Å²) in [6.07, 6.45) is 6.34. The molecule has 1 aliphatic rings. The minimum absolute atomic E-state index is 0.0689. The monoisotopic (exact) mass is 347 g/mol.